The summed E-state index contributed by atoms with van der Waals surface area (Å²) in [7, 11) is 0. The van der Waals surface area contributed by atoms with Crippen LogP contribution in [0.2, 0.25) is 0 Å². The number of unbranched alkanes of at least 4 members (excludes halogenated alkanes) is 1. The summed E-state index contributed by atoms with van der Waals surface area (Å²) in [6.07, 6.45) is 21.1. The molecule has 2 aliphatic carbocycles. The molecule has 0 spiro atoms. The third-order valence-electron chi connectivity index (χ3n) is 8.40. The minimum absolute atomic E-state index is 0. The molecule has 36 heavy (non-hydrogen) atoms. The fourth-order valence-corrected chi connectivity index (χ4v) is 6.96. The van der Waals surface area contributed by atoms with Gasteiger partial charge in [-0.15, -0.1) is 11.8 Å². The van der Waals surface area contributed by atoms with E-state index in [2.05, 4.69) is 12.1 Å². The number of thioether (sulfide) groups is 1. The molecule has 0 aromatic heterocycles. The van der Waals surface area contributed by atoms with Gasteiger partial charge in [0.15, 0.2) is 0 Å². The first-order chi connectivity index (χ1) is 16.8. The largest absolute Gasteiger partial charge is 0.480 e. The van der Waals surface area contributed by atoms with E-state index in [0.717, 1.165) is 36.5 Å². The maximum atomic E-state index is 13.3. The van der Waals surface area contributed by atoms with E-state index >= 15 is 0 Å². The molecule has 3 rings (SSSR count). The van der Waals surface area contributed by atoms with E-state index in [4.69, 9.17) is 0 Å². The van der Waals surface area contributed by atoms with Gasteiger partial charge < -0.3 is 5.11 Å². The molecule has 1 aromatic rings. The van der Waals surface area contributed by atoms with E-state index in [1.807, 2.05) is 12.1 Å². The molecular formula is C32H52O3S. The average molecular weight is 517 g/mol. The molecule has 2 saturated carbocycles. The molecule has 0 saturated heterocycles. The van der Waals surface area contributed by atoms with Gasteiger partial charge in [0, 0.05) is 17.2 Å². The highest BCUT2D eigenvalue weighted by Gasteiger charge is 2.28. The molecule has 1 aromatic carbocycles. The standard InChI is InChI=1S/C31H48O3S.CH4/c1-31(2,30(33)34)35-28-21-18-25(19-22-28)17-20-27(29(32)23-26-14-7-4-8-15-26)16-10-9-13-24-11-5-3-6-12-24;/h18-19,21-22,24,26-27H,3-17,20,23H2,1-2H3,(H,33,34);1H4. The molecule has 2 aliphatic rings. The lowest BCUT2D eigenvalue weighted by atomic mass is 9.80. The van der Waals surface area contributed by atoms with Crippen LogP contribution in [-0.2, 0) is 16.0 Å². The van der Waals surface area contributed by atoms with E-state index in [1.165, 1.54) is 101 Å². The zero-order chi connectivity index (χ0) is 25.1. The molecular weight excluding hydrogens is 464 g/mol. The van der Waals surface area contributed by atoms with E-state index in [0.29, 0.717) is 11.7 Å². The Bertz CT molecular complexity index is 773. The topological polar surface area (TPSA) is 54.4 Å². The SMILES string of the molecule is C.CC(C)(Sc1ccc(CCC(CCCCC2CCCCC2)C(=O)CC2CCCCC2)cc1)C(=O)O. The minimum Gasteiger partial charge on any atom is -0.480 e. The number of carboxylic acid groups (broad SMARTS) is 1. The average Bonchev–Trinajstić information content (AvgIpc) is 2.85. The first kappa shape index (κ1) is 30.9. The highest BCUT2D eigenvalue weighted by Crippen LogP contribution is 2.34. The van der Waals surface area contributed by atoms with Crippen LogP contribution in [0.3, 0.4) is 0 Å². The van der Waals surface area contributed by atoms with Crippen LogP contribution in [0.25, 0.3) is 0 Å². The number of Topliss-reactive ketones (excluding diaryl/α,β-unsaturated/α-hetero) is 1. The monoisotopic (exact) mass is 516 g/mol. The normalized spacial score (nSPS) is 18.4. The lowest BCUT2D eigenvalue weighted by Gasteiger charge is -2.24. The summed E-state index contributed by atoms with van der Waals surface area (Å²) in [5.74, 6) is 1.47. The van der Waals surface area contributed by atoms with Crippen molar-refractivity contribution in [2.24, 2.45) is 17.8 Å². The molecule has 3 nitrogen and oxygen atoms in total. The summed E-state index contributed by atoms with van der Waals surface area (Å²) >= 11 is 1.38. The van der Waals surface area contributed by atoms with Crippen LogP contribution in [0.4, 0.5) is 0 Å². The second kappa shape index (κ2) is 15.8. The van der Waals surface area contributed by atoms with Gasteiger partial charge in [0.2, 0.25) is 0 Å². The number of carboxylic acids is 1. The molecule has 2 fully saturated rings. The maximum absolute atomic E-state index is 13.3. The van der Waals surface area contributed by atoms with E-state index < -0.39 is 10.7 Å². The molecule has 0 amide bonds. The van der Waals surface area contributed by atoms with Crippen molar-refractivity contribution in [3.63, 3.8) is 0 Å². The van der Waals surface area contributed by atoms with Crippen molar-refractivity contribution in [3.05, 3.63) is 29.8 Å². The van der Waals surface area contributed by atoms with E-state index in [1.54, 1.807) is 13.8 Å². The van der Waals surface area contributed by atoms with Gasteiger partial charge in [-0.1, -0.05) is 103 Å². The minimum atomic E-state index is -0.838. The van der Waals surface area contributed by atoms with Gasteiger partial charge in [0.25, 0.3) is 0 Å². The fourth-order valence-electron chi connectivity index (χ4n) is 6.01. The fraction of sp³-hybridized carbons (Fsp3) is 0.750. The Morgan fingerprint density at radius 2 is 1.47 bits per heavy atom. The van der Waals surface area contributed by atoms with Crippen LogP contribution in [0.1, 0.15) is 130 Å². The number of ketones is 1. The second-order valence-corrected chi connectivity index (χ2v) is 13.5. The molecule has 0 aliphatic heterocycles. The Kier molecular flexibility index (Phi) is 13.6. The van der Waals surface area contributed by atoms with Gasteiger partial charge in [0.1, 0.15) is 10.5 Å². The zero-order valence-corrected chi connectivity index (χ0v) is 23.1. The van der Waals surface area contributed by atoms with Gasteiger partial charge in [-0.2, -0.15) is 0 Å². The van der Waals surface area contributed by atoms with Crippen molar-refractivity contribution < 1.29 is 14.7 Å². The number of hydrogen-bond donors (Lipinski definition) is 1. The number of aliphatic carboxylic acids is 1. The lowest BCUT2D eigenvalue weighted by molar-refractivity contribution is -0.138. The number of hydrogen-bond acceptors (Lipinski definition) is 3. The molecule has 1 atom stereocenters. The highest BCUT2D eigenvalue weighted by atomic mass is 32.2. The first-order valence-electron chi connectivity index (χ1n) is 14.4. The summed E-state index contributed by atoms with van der Waals surface area (Å²) in [5, 5.41) is 9.38. The summed E-state index contributed by atoms with van der Waals surface area (Å²) in [6, 6.07) is 8.31. The number of carbonyl (C=O) groups is 2. The smallest absolute Gasteiger partial charge is 0.319 e. The van der Waals surface area contributed by atoms with Gasteiger partial charge >= 0.3 is 5.97 Å². The Morgan fingerprint density at radius 3 is 2.06 bits per heavy atom. The van der Waals surface area contributed by atoms with Gasteiger partial charge in [-0.05, 0) is 62.6 Å². The quantitative estimate of drug-likeness (QED) is 0.197. The Balaban J connectivity index is 0.00000456. The molecule has 0 bridgehead atoms. The third-order valence-corrected chi connectivity index (χ3v) is 9.60. The number of aryl methyl sites for hydroxylation is 1. The Morgan fingerprint density at radius 1 is 0.889 bits per heavy atom. The Hall–Kier alpha value is -1.29. The second-order valence-electron chi connectivity index (χ2n) is 11.8. The lowest BCUT2D eigenvalue weighted by Crippen LogP contribution is -2.26. The summed E-state index contributed by atoms with van der Waals surface area (Å²) in [5.41, 5.74) is 1.25. The molecule has 1 unspecified atom stereocenters. The molecule has 204 valence electrons. The van der Waals surface area contributed by atoms with Crippen molar-refractivity contribution >= 4 is 23.5 Å². The third kappa shape index (κ3) is 10.6. The van der Waals surface area contributed by atoms with Crippen LogP contribution in [0.15, 0.2) is 29.2 Å². The Labute approximate surface area is 225 Å². The van der Waals surface area contributed by atoms with Gasteiger partial charge in [-0.3, -0.25) is 9.59 Å². The van der Waals surface area contributed by atoms with Crippen LogP contribution >= 0.6 is 11.8 Å². The predicted molar refractivity (Wildman–Crippen MR) is 154 cm³/mol. The zero-order valence-electron chi connectivity index (χ0n) is 22.2. The summed E-state index contributed by atoms with van der Waals surface area (Å²) in [6.45, 7) is 3.48. The summed E-state index contributed by atoms with van der Waals surface area (Å²) in [4.78, 5) is 25.7. The first-order valence-corrected chi connectivity index (χ1v) is 15.2. The van der Waals surface area contributed by atoms with Crippen LogP contribution < -0.4 is 0 Å². The van der Waals surface area contributed by atoms with E-state index in [-0.39, 0.29) is 13.3 Å². The van der Waals surface area contributed by atoms with Crippen molar-refractivity contribution in [2.45, 2.75) is 140 Å². The van der Waals surface area contributed by atoms with E-state index in [9.17, 15) is 14.7 Å². The molecule has 0 heterocycles. The highest BCUT2D eigenvalue weighted by molar-refractivity contribution is 8.01. The van der Waals surface area contributed by atoms with Crippen LogP contribution in [0.5, 0.6) is 0 Å². The predicted octanol–water partition coefficient (Wildman–Crippen LogP) is 9.51. The summed E-state index contributed by atoms with van der Waals surface area (Å²) < 4.78 is -0.838. The van der Waals surface area contributed by atoms with Crippen LogP contribution in [0, 0.1) is 17.8 Å². The maximum Gasteiger partial charge on any atom is 0.319 e. The van der Waals surface area contributed by atoms with Crippen LogP contribution in [-0.4, -0.2) is 21.6 Å². The molecule has 0 radical (unpaired) electrons. The van der Waals surface area contributed by atoms with Crippen molar-refractivity contribution in [3.8, 4) is 0 Å². The molecule has 4 heteroatoms. The van der Waals surface area contributed by atoms with Crippen molar-refractivity contribution in [1.29, 1.82) is 0 Å². The number of benzene rings is 1. The van der Waals surface area contributed by atoms with Crippen molar-refractivity contribution in [2.75, 3.05) is 0 Å². The van der Waals surface area contributed by atoms with Gasteiger partial charge in [0.05, 0.1) is 0 Å². The van der Waals surface area contributed by atoms with Crippen molar-refractivity contribution in [1.82, 2.24) is 0 Å². The van der Waals surface area contributed by atoms with Gasteiger partial charge in [-0.25, -0.2) is 0 Å². The number of carbonyl (C=O) groups excluding carboxylic acids is 1. The molecule has 1 N–H and O–H groups in total. The number of rotatable bonds is 14.